The predicted molar refractivity (Wildman–Crippen MR) is 123 cm³/mol. The molecule has 6 heteroatoms. The summed E-state index contributed by atoms with van der Waals surface area (Å²) in [5, 5.41) is 6.90. The van der Waals surface area contributed by atoms with Crippen molar-refractivity contribution in [3.05, 3.63) is 29.8 Å². The maximum atomic E-state index is 5.63. The molecule has 1 saturated carbocycles. The minimum atomic E-state index is 0. The van der Waals surface area contributed by atoms with Gasteiger partial charge in [0.05, 0.1) is 19.7 Å². The third-order valence-electron chi connectivity index (χ3n) is 5.39. The van der Waals surface area contributed by atoms with Gasteiger partial charge >= 0.3 is 0 Å². The van der Waals surface area contributed by atoms with Crippen LogP contribution in [-0.2, 0) is 0 Å². The molecule has 2 N–H and O–H groups in total. The van der Waals surface area contributed by atoms with E-state index in [9.17, 15) is 0 Å². The molecule has 1 unspecified atom stereocenters. The van der Waals surface area contributed by atoms with Crippen molar-refractivity contribution in [3.8, 4) is 5.75 Å². The van der Waals surface area contributed by atoms with Gasteiger partial charge in [0.15, 0.2) is 5.96 Å². The molecule has 5 nitrogen and oxygen atoms in total. The van der Waals surface area contributed by atoms with Gasteiger partial charge in [-0.1, -0.05) is 31.0 Å². The van der Waals surface area contributed by atoms with Crippen LogP contribution in [-0.4, -0.2) is 50.7 Å². The number of aliphatic imine (C=N–C) groups is 1. The minimum absolute atomic E-state index is 0. The standard InChI is InChI=1S/C21H34N4O.HI/c1-3-22-21(23-13-12-17-10-11-17)24-16-19(25-14-6-7-15-25)18-8-4-5-9-20(18)26-2;/h4-5,8-9,17,19H,3,6-7,10-16H2,1-2H3,(H2,22,23,24);1H. The maximum absolute atomic E-state index is 5.63. The number of benzene rings is 1. The molecule has 0 amide bonds. The van der Waals surface area contributed by atoms with Gasteiger partial charge in [0.1, 0.15) is 5.75 Å². The van der Waals surface area contributed by atoms with Crippen LogP contribution in [0.25, 0.3) is 0 Å². The highest BCUT2D eigenvalue weighted by Gasteiger charge is 2.26. The van der Waals surface area contributed by atoms with E-state index in [0.29, 0.717) is 0 Å². The van der Waals surface area contributed by atoms with Gasteiger partial charge in [0, 0.05) is 18.7 Å². The van der Waals surface area contributed by atoms with Crippen LogP contribution in [0.1, 0.15) is 50.6 Å². The molecule has 152 valence electrons. The number of para-hydroxylation sites is 1. The fourth-order valence-corrected chi connectivity index (χ4v) is 3.73. The molecule has 0 spiro atoms. The molecule has 1 aliphatic heterocycles. The summed E-state index contributed by atoms with van der Waals surface area (Å²) in [6.45, 7) is 7.06. The number of guanidine groups is 1. The first-order valence-electron chi connectivity index (χ1n) is 10.2. The maximum Gasteiger partial charge on any atom is 0.191 e. The number of halogens is 1. The lowest BCUT2D eigenvalue weighted by molar-refractivity contribution is 0.245. The molecule has 3 rings (SSSR count). The third kappa shape index (κ3) is 6.82. The lowest BCUT2D eigenvalue weighted by Crippen LogP contribution is -2.39. The Balaban J connectivity index is 0.00000261. The van der Waals surface area contributed by atoms with E-state index in [1.807, 2.05) is 6.07 Å². The van der Waals surface area contributed by atoms with Gasteiger partial charge in [-0.15, -0.1) is 24.0 Å². The molecule has 2 aliphatic rings. The Morgan fingerprint density at radius 3 is 2.63 bits per heavy atom. The molecule has 1 heterocycles. The summed E-state index contributed by atoms with van der Waals surface area (Å²) in [5.74, 6) is 2.84. The summed E-state index contributed by atoms with van der Waals surface area (Å²) in [7, 11) is 1.76. The molecule has 0 radical (unpaired) electrons. The minimum Gasteiger partial charge on any atom is -0.496 e. The zero-order valence-electron chi connectivity index (χ0n) is 16.7. The van der Waals surface area contributed by atoms with Gasteiger partial charge in [-0.2, -0.15) is 0 Å². The number of methoxy groups -OCH3 is 1. The van der Waals surface area contributed by atoms with Crippen LogP contribution < -0.4 is 15.4 Å². The molecule has 1 atom stereocenters. The Labute approximate surface area is 181 Å². The van der Waals surface area contributed by atoms with Crippen molar-refractivity contribution in [2.75, 3.05) is 39.8 Å². The van der Waals surface area contributed by atoms with Gasteiger partial charge in [0.25, 0.3) is 0 Å². The Hall–Kier alpha value is -1.02. The molecule has 0 aromatic heterocycles. The van der Waals surface area contributed by atoms with E-state index >= 15 is 0 Å². The van der Waals surface area contributed by atoms with E-state index in [4.69, 9.17) is 9.73 Å². The number of hydrogen-bond acceptors (Lipinski definition) is 3. The smallest absolute Gasteiger partial charge is 0.191 e. The number of rotatable bonds is 9. The topological polar surface area (TPSA) is 48.9 Å². The summed E-state index contributed by atoms with van der Waals surface area (Å²) in [6.07, 6.45) is 6.61. The lowest BCUT2D eigenvalue weighted by atomic mass is 10.0. The monoisotopic (exact) mass is 486 g/mol. The quantitative estimate of drug-likeness (QED) is 0.317. The number of hydrogen-bond donors (Lipinski definition) is 2. The Morgan fingerprint density at radius 2 is 1.96 bits per heavy atom. The molecule has 1 aliphatic carbocycles. The van der Waals surface area contributed by atoms with E-state index in [1.165, 1.54) is 37.7 Å². The van der Waals surface area contributed by atoms with Gasteiger partial charge < -0.3 is 15.4 Å². The van der Waals surface area contributed by atoms with Crippen molar-refractivity contribution in [2.45, 2.75) is 45.1 Å². The molecular weight excluding hydrogens is 451 g/mol. The summed E-state index contributed by atoms with van der Waals surface area (Å²) in [5.41, 5.74) is 1.24. The van der Waals surface area contributed by atoms with Crippen LogP contribution in [0.3, 0.4) is 0 Å². The number of nitrogens with one attached hydrogen (secondary N) is 2. The van der Waals surface area contributed by atoms with Crippen LogP contribution in [0.4, 0.5) is 0 Å². The van der Waals surface area contributed by atoms with Gasteiger partial charge in [-0.3, -0.25) is 9.89 Å². The highest BCUT2D eigenvalue weighted by atomic mass is 127. The Bertz CT molecular complexity index is 585. The molecule has 1 saturated heterocycles. The summed E-state index contributed by atoms with van der Waals surface area (Å²) >= 11 is 0. The van der Waals surface area contributed by atoms with Crippen molar-refractivity contribution in [1.29, 1.82) is 0 Å². The molecule has 27 heavy (non-hydrogen) atoms. The molecule has 2 fully saturated rings. The summed E-state index contributed by atoms with van der Waals surface area (Å²) < 4.78 is 5.63. The fourth-order valence-electron chi connectivity index (χ4n) is 3.73. The van der Waals surface area contributed by atoms with E-state index < -0.39 is 0 Å². The Kier molecular flexibility index (Phi) is 9.68. The van der Waals surface area contributed by atoms with E-state index in [-0.39, 0.29) is 30.0 Å². The zero-order chi connectivity index (χ0) is 18.2. The highest BCUT2D eigenvalue weighted by Crippen LogP contribution is 2.32. The van der Waals surface area contributed by atoms with Crippen LogP contribution in [0.5, 0.6) is 5.75 Å². The summed E-state index contributed by atoms with van der Waals surface area (Å²) in [4.78, 5) is 7.48. The fraction of sp³-hybridized carbons (Fsp3) is 0.667. The highest BCUT2D eigenvalue weighted by molar-refractivity contribution is 14.0. The van der Waals surface area contributed by atoms with E-state index in [0.717, 1.165) is 50.4 Å². The SMILES string of the molecule is CCNC(=NCC(c1ccccc1OC)N1CCCC1)NCCC1CC1.I. The van der Waals surface area contributed by atoms with Crippen LogP contribution in [0.15, 0.2) is 29.3 Å². The van der Waals surface area contributed by atoms with Crippen LogP contribution in [0.2, 0.25) is 0 Å². The lowest BCUT2D eigenvalue weighted by Gasteiger charge is -2.28. The number of ether oxygens (including phenoxy) is 1. The largest absolute Gasteiger partial charge is 0.496 e. The zero-order valence-corrected chi connectivity index (χ0v) is 19.1. The average molecular weight is 486 g/mol. The molecule has 1 aromatic carbocycles. The summed E-state index contributed by atoms with van der Waals surface area (Å²) in [6, 6.07) is 8.65. The van der Waals surface area contributed by atoms with Crippen LogP contribution in [0, 0.1) is 5.92 Å². The second-order valence-electron chi connectivity index (χ2n) is 7.38. The first-order valence-corrected chi connectivity index (χ1v) is 10.2. The van der Waals surface area contributed by atoms with E-state index in [1.54, 1.807) is 7.11 Å². The van der Waals surface area contributed by atoms with Crippen molar-refractivity contribution < 1.29 is 4.74 Å². The van der Waals surface area contributed by atoms with Crippen molar-refractivity contribution in [1.82, 2.24) is 15.5 Å². The number of likely N-dealkylation sites (tertiary alicyclic amines) is 1. The Morgan fingerprint density at radius 1 is 1.22 bits per heavy atom. The second kappa shape index (κ2) is 11.7. The number of nitrogens with zero attached hydrogens (tertiary/aromatic N) is 2. The van der Waals surface area contributed by atoms with Gasteiger partial charge in [-0.05, 0) is 51.3 Å². The van der Waals surface area contributed by atoms with Gasteiger partial charge in [0.2, 0.25) is 0 Å². The van der Waals surface area contributed by atoms with Crippen molar-refractivity contribution in [3.63, 3.8) is 0 Å². The molecule has 1 aromatic rings. The predicted octanol–water partition coefficient (Wildman–Crippen LogP) is 3.81. The first-order chi connectivity index (χ1) is 12.8. The van der Waals surface area contributed by atoms with E-state index in [2.05, 4.69) is 40.7 Å². The van der Waals surface area contributed by atoms with Gasteiger partial charge in [-0.25, -0.2) is 0 Å². The van der Waals surface area contributed by atoms with Crippen molar-refractivity contribution in [2.24, 2.45) is 10.9 Å². The average Bonchev–Trinajstić information content (AvgIpc) is 3.33. The second-order valence-corrected chi connectivity index (χ2v) is 7.38. The third-order valence-corrected chi connectivity index (χ3v) is 5.39. The van der Waals surface area contributed by atoms with Crippen LogP contribution >= 0.6 is 24.0 Å². The molecular formula is C21H35IN4O. The normalized spacial score (nSPS) is 18.7. The first kappa shape index (κ1) is 22.3. The van der Waals surface area contributed by atoms with Crippen molar-refractivity contribution >= 4 is 29.9 Å². The molecule has 0 bridgehead atoms.